The van der Waals surface area contributed by atoms with Gasteiger partial charge in [-0.1, -0.05) is 32.0 Å². The molecule has 2 saturated heterocycles. The van der Waals surface area contributed by atoms with E-state index in [1.807, 2.05) is 32.0 Å². The number of nitrogens with zero attached hydrogens (tertiary/aromatic N) is 1. The Morgan fingerprint density at radius 1 is 1.09 bits per heavy atom. The summed E-state index contributed by atoms with van der Waals surface area (Å²) < 4.78 is 0. The molecule has 0 aliphatic carbocycles. The molecule has 3 rings (SSSR count). The number of benzene rings is 1. The number of hydrogen-bond donors (Lipinski definition) is 4. The van der Waals surface area contributed by atoms with Crippen LogP contribution in [0.2, 0.25) is 0 Å². The van der Waals surface area contributed by atoms with E-state index in [9.17, 15) is 19.2 Å². The van der Waals surface area contributed by atoms with E-state index >= 15 is 0 Å². The summed E-state index contributed by atoms with van der Waals surface area (Å²) in [6, 6.07) is 7.49. The molecule has 0 aromatic heterocycles. The maximum Gasteiger partial charge on any atom is 0.246 e. The maximum absolute atomic E-state index is 13.2. The van der Waals surface area contributed by atoms with Crippen LogP contribution in [0.15, 0.2) is 30.3 Å². The number of hydrogen-bond acceptors (Lipinski definition) is 5. The number of rotatable bonds is 9. The van der Waals surface area contributed by atoms with Gasteiger partial charge in [0.1, 0.15) is 17.6 Å². The first kappa shape index (κ1) is 26.7. The molecule has 192 valence electrons. The normalized spacial score (nSPS) is 21.0. The molecule has 1 aromatic rings. The molecule has 0 saturated carbocycles. The predicted molar refractivity (Wildman–Crippen MR) is 134 cm³/mol. The first-order valence-corrected chi connectivity index (χ1v) is 12.6. The molecule has 4 amide bonds. The van der Waals surface area contributed by atoms with Crippen LogP contribution in [-0.2, 0) is 19.2 Å². The number of carbonyl (C=O) groups is 4. The predicted octanol–water partition coefficient (Wildman–Crippen LogP) is 1.79. The van der Waals surface area contributed by atoms with Crippen LogP contribution in [0, 0.1) is 5.92 Å². The zero-order valence-electron chi connectivity index (χ0n) is 21.2. The minimum absolute atomic E-state index is 0.0445. The van der Waals surface area contributed by atoms with Crippen molar-refractivity contribution in [3.63, 3.8) is 0 Å². The largest absolute Gasteiger partial charge is 0.342 e. The van der Waals surface area contributed by atoms with Crippen molar-refractivity contribution in [2.75, 3.05) is 18.4 Å². The molecule has 4 N–H and O–H groups in total. The Labute approximate surface area is 207 Å². The molecule has 35 heavy (non-hydrogen) atoms. The molecule has 3 atom stereocenters. The van der Waals surface area contributed by atoms with Crippen LogP contribution in [-0.4, -0.2) is 65.3 Å². The van der Waals surface area contributed by atoms with Gasteiger partial charge in [-0.15, -0.1) is 0 Å². The average molecular weight is 486 g/mol. The lowest BCUT2D eigenvalue weighted by Crippen LogP contribution is -2.61. The average Bonchev–Trinajstić information content (AvgIpc) is 3.50. The van der Waals surface area contributed by atoms with Crippen molar-refractivity contribution in [3.8, 4) is 0 Å². The number of nitrogens with one attached hydrogen (secondary N) is 4. The lowest BCUT2D eigenvalue weighted by molar-refractivity contribution is -0.142. The second-order valence-electron chi connectivity index (χ2n) is 10.5. The Morgan fingerprint density at radius 3 is 2.43 bits per heavy atom. The highest BCUT2D eigenvalue weighted by atomic mass is 16.2. The van der Waals surface area contributed by atoms with Crippen molar-refractivity contribution in [1.29, 1.82) is 0 Å². The van der Waals surface area contributed by atoms with E-state index in [0.717, 1.165) is 25.8 Å². The quantitative estimate of drug-likeness (QED) is 0.425. The molecule has 2 aliphatic rings. The first-order chi connectivity index (χ1) is 16.6. The Kier molecular flexibility index (Phi) is 8.88. The molecule has 1 unspecified atom stereocenters. The van der Waals surface area contributed by atoms with E-state index in [0.29, 0.717) is 25.1 Å². The third-order valence-corrected chi connectivity index (χ3v) is 6.57. The van der Waals surface area contributed by atoms with Gasteiger partial charge < -0.3 is 26.2 Å². The minimum atomic E-state index is -1.26. The van der Waals surface area contributed by atoms with Crippen LogP contribution in [0.1, 0.15) is 59.8 Å². The van der Waals surface area contributed by atoms with Crippen molar-refractivity contribution < 1.29 is 19.2 Å². The van der Waals surface area contributed by atoms with Crippen molar-refractivity contribution in [3.05, 3.63) is 30.3 Å². The summed E-state index contributed by atoms with van der Waals surface area (Å²) in [7, 11) is 0. The SMILES string of the molecule is CC(C)C[C@H](NC(=O)C(C)(C)NC(=O)C1CCCN1C(=O)[C@@H]1CCCN1)C(=O)Nc1ccccc1. The van der Waals surface area contributed by atoms with Gasteiger partial charge in [-0.3, -0.25) is 19.2 Å². The summed E-state index contributed by atoms with van der Waals surface area (Å²) in [6.45, 7) is 8.53. The van der Waals surface area contributed by atoms with Crippen molar-refractivity contribution in [2.24, 2.45) is 5.92 Å². The van der Waals surface area contributed by atoms with Gasteiger partial charge in [0.15, 0.2) is 0 Å². The van der Waals surface area contributed by atoms with E-state index in [1.165, 1.54) is 0 Å². The molecule has 1 aromatic carbocycles. The molecule has 0 bridgehead atoms. The van der Waals surface area contributed by atoms with Crippen LogP contribution >= 0.6 is 0 Å². The van der Waals surface area contributed by atoms with E-state index in [-0.39, 0.29) is 29.7 Å². The van der Waals surface area contributed by atoms with Crippen LogP contribution < -0.4 is 21.3 Å². The van der Waals surface area contributed by atoms with Crippen molar-refractivity contribution >= 4 is 29.3 Å². The fourth-order valence-corrected chi connectivity index (χ4v) is 4.64. The van der Waals surface area contributed by atoms with E-state index in [1.54, 1.807) is 30.9 Å². The lowest BCUT2D eigenvalue weighted by atomic mass is 9.99. The van der Waals surface area contributed by atoms with Gasteiger partial charge in [-0.2, -0.15) is 0 Å². The third-order valence-electron chi connectivity index (χ3n) is 6.57. The van der Waals surface area contributed by atoms with E-state index < -0.39 is 23.5 Å². The smallest absolute Gasteiger partial charge is 0.246 e. The zero-order chi connectivity index (χ0) is 25.6. The zero-order valence-corrected chi connectivity index (χ0v) is 21.2. The maximum atomic E-state index is 13.2. The van der Waals surface area contributed by atoms with Crippen LogP contribution in [0.5, 0.6) is 0 Å². The van der Waals surface area contributed by atoms with E-state index in [2.05, 4.69) is 21.3 Å². The highest BCUT2D eigenvalue weighted by molar-refractivity contribution is 6.00. The molecular weight excluding hydrogens is 446 g/mol. The Bertz CT molecular complexity index is 912. The number of likely N-dealkylation sites (tertiary alicyclic amines) is 1. The van der Waals surface area contributed by atoms with Gasteiger partial charge in [0.2, 0.25) is 23.6 Å². The van der Waals surface area contributed by atoms with Gasteiger partial charge in [-0.05, 0) is 70.5 Å². The van der Waals surface area contributed by atoms with Crippen LogP contribution in [0.25, 0.3) is 0 Å². The second-order valence-corrected chi connectivity index (χ2v) is 10.5. The number of para-hydroxylation sites is 1. The summed E-state index contributed by atoms with van der Waals surface area (Å²) in [6.07, 6.45) is 3.49. The molecule has 9 nitrogen and oxygen atoms in total. The highest BCUT2D eigenvalue weighted by Crippen LogP contribution is 2.22. The van der Waals surface area contributed by atoms with Gasteiger partial charge >= 0.3 is 0 Å². The summed E-state index contributed by atoms with van der Waals surface area (Å²) in [4.78, 5) is 53.8. The number of carbonyl (C=O) groups excluding carboxylic acids is 4. The van der Waals surface area contributed by atoms with Gasteiger partial charge in [0, 0.05) is 12.2 Å². The topological polar surface area (TPSA) is 120 Å². The Hall–Kier alpha value is -2.94. The lowest BCUT2D eigenvalue weighted by Gasteiger charge is -2.32. The fourth-order valence-electron chi connectivity index (χ4n) is 4.64. The van der Waals surface area contributed by atoms with E-state index in [4.69, 9.17) is 0 Å². The van der Waals surface area contributed by atoms with Gasteiger partial charge in [0.25, 0.3) is 0 Å². The third kappa shape index (κ3) is 7.04. The van der Waals surface area contributed by atoms with Crippen molar-refractivity contribution in [1.82, 2.24) is 20.9 Å². The van der Waals surface area contributed by atoms with Crippen LogP contribution in [0.4, 0.5) is 5.69 Å². The first-order valence-electron chi connectivity index (χ1n) is 12.6. The number of anilines is 1. The Morgan fingerprint density at radius 2 is 1.80 bits per heavy atom. The molecule has 9 heteroatoms. The summed E-state index contributed by atoms with van der Waals surface area (Å²) >= 11 is 0. The molecule has 2 fully saturated rings. The minimum Gasteiger partial charge on any atom is -0.342 e. The summed E-state index contributed by atoms with van der Waals surface area (Å²) in [5.41, 5.74) is -0.613. The Balaban J connectivity index is 1.63. The molecule has 0 spiro atoms. The summed E-state index contributed by atoms with van der Waals surface area (Å²) in [5.74, 6) is -0.980. The summed E-state index contributed by atoms with van der Waals surface area (Å²) in [5, 5.41) is 11.7. The molecule has 2 aliphatic heterocycles. The standard InChI is InChI=1S/C26H39N5O4/c1-17(2)16-20(22(32)28-18-10-6-5-7-11-18)29-25(35)26(3,4)30-23(33)21-13-9-15-31(21)24(34)19-12-8-14-27-19/h5-7,10-11,17,19-21,27H,8-9,12-16H2,1-4H3,(H,28,32)(H,29,35)(H,30,33)/t19-,20-,21?/m0/s1. The monoisotopic (exact) mass is 485 g/mol. The molecule has 2 heterocycles. The number of amides is 4. The highest BCUT2D eigenvalue weighted by Gasteiger charge is 2.41. The van der Waals surface area contributed by atoms with Gasteiger partial charge in [-0.25, -0.2) is 0 Å². The molecule has 0 radical (unpaired) electrons. The van der Waals surface area contributed by atoms with Crippen LogP contribution in [0.3, 0.4) is 0 Å². The van der Waals surface area contributed by atoms with Crippen molar-refractivity contribution in [2.45, 2.75) is 83.5 Å². The van der Waals surface area contributed by atoms with Gasteiger partial charge in [0.05, 0.1) is 6.04 Å². The molecular formula is C26H39N5O4. The fraction of sp³-hybridized carbons (Fsp3) is 0.615. The second kappa shape index (κ2) is 11.7.